The molecule has 0 aliphatic carbocycles. The van der Waals surface area contributed by atoms with E-state index in [-0.39, 0.29) is 17.1 Å². The highest BCUT2D eigenvalue weighted by Crippen LogP contribution is 2.21. The van der Waals surface area contributed by atoms with E-state index in [0.29, 0.717) is 15.7 Å². The Morgan fingerprint density at radius 2 is 1.62 bits per heavy atom. The lowest BCUT2D eigenvalue weighted by Gasteiger charge is -2.11. The fourth-order valence-corrected chi connectivity index (χ4v) is 2.49. The number of hydrazine groups is 1. The van der Waals surface area contributed by atoms with E-state index in [1.807, 2.05) is 0 Å². The van der Waals surface area contributed by atoms with Crippen molar-refractivity contribution in [3.8, 4) is 0 Å². The Bertz CT molecular complexity index is 845. The van der Waals surface area contributed by atoms with Crippen LogP contribution >= 0.6 is 34.8 Å². The first-order valence-electron chi connectivity index (χ1n) is 7.20. The first kappa shape index (κ1) is 19.8. The number of amides is 4. The van der Waals surface area contributed by atoms with Gasteiger partial charge in [-0.1, -0.05) is 46.9 Å². The van der Waals surface area contributed by atoms with E-state index >= 15 is 0 Å². The Morgan fingerprint density at radius 1 is 0.885 bits per heavy atom. The van der Waals surface area contributed by atoms with Crippen LogP contribution in [0.3, 0.4) is 0 Å². The van der Waals surface area contributed by atoms with Gasteiger partial charge in [-0.2, -0.15) is 0 Å². The predicted molar refractivity (Wildman–Crippen MR) is 101 cm³/mol. The summed E-state index contributed by atoms with van der Waals surface area (Å²) in [5.74, 6) is -1.19. The second-order valence-corrected chi connectivity index (χ2v) is 6.16. The molecule has 0 fully saturated rings. The normalized spacial score (nSPS) is 9.96. The molecule has 0 bridgehead atoms. The van der Waals surface area contributed by atoms with Gasteiger partial charge in [-0.3, -0.25) is 15.0 Å². The number of carbonyl (C=O) groups is 3. The van der Waals surface area contributed by atoms with Crippen LogP contribution in [-0.4, -0.2) is 24.4 Å². The number of nitrogens with one attached hydrogen (secondary N) is 4. The summed E-state index contributed by atoms with van der Waals surface area (Å²) in [6.45, 7) is -0.371. The molecular weight excluding hydrogens is 403 g/mol. The minimum atomic E-state index is -0.696. The zero-order valence-corrected chi connectivity index (χ0v) is 15.4. The zero-order valence-electron chi connectivity index (χ0n) is 13.1. The molecule has 0 saturated carbocycles. The summed E-state index contributed by atoms with van der Waals surface area (Å²) >= 11 is 17.6. The minimum Gasteiger partial charge on any atom is -0.343 e. The summed E-state index contributed by atoms with van der Waals surface area (Å²) in [4.78, 5) is 35.4. The van der Waals surface area contributed by atoms with Crippen LogP contribution in [0, 0.1) is 0 Å². The van der Waals surface area contributed by atoms with E-state index < -0.39 is 17.8 Å². The van der Waals surface area contributed by atoms with Crippen LogP contribution in [0.1, 0.15) is 10.4 Å². The van der Waals surface area contributed by atoms with Crippen molar-refractivity contribution in [1.82, 2.24) is 16.2 Å². The third-order valence-corrected chi connectivity index (χ3v) is 3.90. The molecule has 0 aliphatic heterocycles. The summed E-state index contributed by atoms with van der Waals surface area (Å²) < 4.78 is 0. The summed E-state index contributed by atoms with van der Waals surface area (Å²) in [5.41, 5.74) is 4.83. The van der Waals surface area contributed by atoms with Crippen molar-refractivity contribution < 1.29 is 14.4 Å². The van der Waals surface area contributed by atoms with Crippen molar-refractivity contribution in [2.75, 3.05) is 11.9 Å². The molecule has 0 heterocycles. The van der Waals surface area contributed by atoms with Gasteiger partial charge >= 0.3 is 6.03 Å². The van der Waals surface area contributed by atoms with Crippen molar-refractivity contribution in [3.63, 3.8) is 0 Å². The average molecular weight is 416 g/mol. The number of urea groups is 1. The number of hydrogen-bond donors (Lipinski definition) is 4. The van der Waals surface area contributed by atoms with E-state index in [1.165, 1.54) is 18.2 Å². The van der Waals surface area contributed by atoms with E-state index in [0.717, 1.165) is 0 Å². The second-order valence-electron chi connectivity index (χ2n) is 4.91. The fourth-order valence-electron chi connectivity index (χ4n) is 1.82. The van der Waals surface area contributed by atoms with Gasteiger partial charge in [-0.15, -0.1) is 0 Å². The molecule has 7 nitrogen and oxygen atoms in total. The van der Waals surface area contributed by atoms with Gasteiger partial charge in [0.15, 0.2) is 0 Å². The Morgan fingerprint density at radius 3 is 2.31 bits per heavy atom. The lowest BCUT2D eigenvalue weighted by molar-refractivity contribution is -0.120. The van der Waals surface area contributed by atoms with E-state index in [4.69, 9.17) is 34.8 Å². The number of rotatable bonds is 4. The van der Waals surface area contributed by atoms with Gasteiger partial charge in [0.05, 0.1) is 27.8 Å². The van der Waals surface area contributed by atoms with Crippen LogP contribution in [0.25, 0.3) is 0 Å². The molecule has 26 heavy (non-hydrogen) atoms. The first-order chi connectivity index (χ1) is 12.4. The lowest BCUT2D eigenvalue weighted by atomic mass is 10.2. The quantitative estimate of drug-likeness (QED) is 0.577. The number of carbonyl (C=O) groups excluding carboxylic acids is 3. The van der Waals surface area contributed by atoms with Gasteiger partial charge in [0.1, 0.15) is 0 Å². The number of hydrogen-bond acceptors (Lipinski definition) is 3. The Balaban J connectivity index is 1.77. The third-order valence-electron chi connectivity index (χ3n) is 3.02. The maximum Gasteiger partial charge on any atom is 0.337 e. The molecule has 2 aromatic rings. The van der Waals surface area contributed by atoms with E-state index in [9.17, 15) is 14.4 Å². The molecule has 0 spiro atoms. The number of para-hydroxylation sites is 1. The van der Waals surface area contributed by atoms with Crippen LogP contribution in [0.5, 0.6) is 0 Å². The van der Waals surface area contributed by atoms with Gasteiger partial charge in [-0.25, -0.2) is 10.2 Å². The molecule has 0 aliphatic rings. The highest BCUT2D eigenvalue weighted by Gasteiger charge is 2.12. The maximum absolute atomic E-state index is 12.0. The maximum atomic E-state index is 12.0. The molecule has 4 N–H and O–H groups in total. The molecule has 0 radical (unpaired) electrons. The highest BCUT2D eigenvalue weighted by atomic mass is 35.5. The molecule has 10 heteroatoms. The van der Waals surface area contributed by atoms with Crippen molar-refractivity contribution in [2.24, 2.45) is 0 Å². The molecule has 0 aromatic heterocycles. The molecule has 0 saturated heterocycles. The SMILES string of the molecule is O=C(CNC(=O)c1ccc(Cl)cc1Cl)NNC(=O)Nc1ccccc1Cl. The van der Waals surface area contributed by atoms with Crippen LogP contribution in [0.2, 0.25) is 15.1 Å². The van der Waals surface area contributed by atoms with Crippen molar-refractivity contribution in [1.29, 1.82) is 0 Å². The summed E-state index contributed by atoms with van der Waals surface area (Å²) in [5, 5.41) is 5.72. The summed E-state index contributed by atoms with van der Waals surface area (Å²) in [6.07, 6.45) is 0. The van der Waals surface area contributed by atoms with Crippen molar-refractivity contribution in [3.05, 3.63) is 63.1 Å². The van der Waals surface area contributed by atoms with Gasteiger partial charge in [0.25, 0.3) is 11.8 Å². The summed E-state index contributed by atoms with van der Waals surface area (Å²) in [7, 11) is 0. The topological polar surface area (TPSA) is 99.3 Å². The van der Waals surface area contributed by atoms with E-state index in [2.05, 4.69) is 21.5 Å². The molecule has 0 atom stereocenters. The Hall–Kier alpha value is -2.48. The van der Waals surface area contributed by atoms with Crippen LogP contribution < -0.4 is 21.5 Å². The van der Waals surface area contributed by atoms with Gasteiger partial charge in [0.2, 0.25) is 0 Å². The monoisotopic (exact) mass is 414 g/mol. The van der Waals surface area contributed by atoms with Crippen molar-refractivity contribution in [2.45, 2.75) is 0 Å². The first-order valence-corrected chi connectivity index (χ1v) is 8.34. The van der Waals surface area contributed by atoms with Gasteiger partial charge in [-0.05, 0) is 30.3 Å². The fraction of sp³-hybridized carbons (Fsp3) is 0.0625. The molecular formula is C16H13Cl3N4O3. The third kappa shape index (κ3) is 5.80. The van der Waals surface area contributed by atoms with Crippen LogP contribution in [0.15, 0.2) is 42.5 Å². The number of halogens is 3. The smallest absolute Gasteiger partial charge is 0.337 e. The number of anilines is 1. The molecule has 2 aromatic carbocycles. The lowest BCUT2D eigenvalue weighted by Crippen LogP contribution is -2.47. The Labute approximate surface area is 164 Å². The zero-order chi connectivity index (χ0) is 19.1. The predicted octanol–water partition coefficient (Wildman–Crippen LogP) is 3.23. The Kier molecular flexibility index (Phi) is 7.08. The van der Waals surface area contributed by atoms with Crippen LogP contribution in [0.4, 0.5) is 10.5 Å². The molecule has 4 amide bonds. The van der Waals surface area contributed by atoms with Crippen LogP contribution in [-0.2, 0) is 4.79 Å². The van der Waals surface area contributed by atoms with E-state index in [1.54, 1.807) is 24.3 Å². The number of benzene rings is 2. The molecule has 0 unspecified atom stereocenters. The largest absolute Gasteiger partial charge is 0.343 e. The second kappa shape index (κ2) is 9.28. The van der Waals surface area contributed by atoms with Crippen molar-refractivity contribution >= 4 is 58.3 Å². The minimum absolute atomic E-state index is 0.160. The average Bonchev–Trinajstić information content (AvgIpc) is 2.60. The highest BCUT2D eigenvalue weighted by molar-refractivity contribution is 6.36. The van der Waals surface area contributed by atoms with Gasteiger partial charge < -0.3 is 10.6 Å². The van der Waals surface area contributed by atoms with Gasteiger partial charge in [0, 0.05) is 5.02 Å². The molecule has 136 valence electrons. The molecule has 2 rings (SSSR count). The summed E-state index contributed by atoms with van der Waals surface area (Å²) in [6, 6.07) is 10.3. The standard InChI is InChI=1S/C16H13Cl3N4O3/c17-9-5-6-10(12(19)7-9)15(25)20-8-14(24)22-23-16(26)21-13-4-2-1-3-11(13)18/h1-7H,8H2,(H,20,25)(H,22,24)(H2,21,23,26).